The lowest BCUT2D eigenvalue weighted by molar-refractivity contribution is 1.60. The first-order valence-electron chi connectivity index (χ1n) is 5.04. The summed E-state index contributed by atoms with van der Waals surface area (Å²) in [4.78, 5) is 0. The number of hydrogen-bond donors (Lipinski definition) is 0. The molecule has 0 saturated carbocycles. The molecule has 0 atom stereocenters. The maximum atomic E-state index is 5.86. The molecule has 16 heavy (non-hydrogen) atoms. The molecule has 76 valence electrons. The van der Waals surface area contributed by atoms with Crippen LogP contribution in [0.5, 0.6) is 0 Å². The summed E-state index contributed by atoms with van der Waals surface area (Å²) in [6, 6.07) is 15.9. The molecule has 0 aliphatic carbocycles. The first-order chi connectivity index (χ1) is 7.77. The van der Waals surface area contributed by atoms with Crippen molar-refractivity contribution in [1.82, 2.24) is 0 Å². The van der Waals surface area contributed by atoms with Gasteiger partial charge in [-0.2, -0.15) is 0 Å². The molecule has 0 spiro atoms. The Labute approximate surface area is 106 Å². The molecule has 0 aliphatic rings. The normalized spacial score (nSPS) is 10.8. The minimum atomic E-state index is 0.797. The van der Waals surface area contributed by atoms with Crippen LogP contribution >= 0.6 is 15.9 Å². The summed E-state index contributed by atoms with van der Waals surface area (Å²) < 4.78 is 1.08. The van der Waals surface area contributed by atoms with Gasteiger partial charge in [0.15, 0.2) is 0 Å². The van der Waals surface area contributed by atoms with Gasteiger partial charge in [-0.25, -0.2) is 0 Å². The molecular weight excluding hydrogens is 259 g/mol. The van der Waals surface area contributed by atoms with Crippen LogP contribution in [-0.2, 0) is 0 Å². The van der Waals surface area contributed by atoms with Gasteiger partial charge < -0.3 is 0 Å². The Balaban J connectivity index is 2.29. The van der Waals surface area contributed by atoms with Gasteiger partial charge in [0, 0.05) is 4.47 Å². The van der Waals surface area contributed by atoms with Gasteiger partial charge >= 0.3 is 0 Å². The van der Waals surface area contributed by atoms with E-state index in [-0.39, 0.29) is 0 Å². The highest BCUT2D eigenvalue weighted by atomic mass is 79.9. The molecule has 0 bridgehead atoms. The third-order valence-corrected chi connectivity index (χ3v) is 3.07. The third kappa shape index (κ3) is 2.64. The first kappa shape index (κ1) is 11.2. The maximum Gasteiger partial charge on any atom is 0.114 e. The predicted molar refractivity (Wildman–Crippen MR) is 74.9 cm³/mol. The highest BCUT2D eigenvalue weighted by Crippen LogP contribution is 2.18. The molecule has 0 saturated heterocycles. The van der Waals surface area contributed by atoms with Crippen LogP contribution in [0.3, 0.4) is 0 Å². The van der Waals surface area contributed by atoms with Gasteiger partial charge in [0.1, 0.15) is 7.85 Å². The number of benzene rings is 2. The van der Waals surface area contributed by atoms with Crippen LogP contribution in [0.25, 0.3) is 12.2 Å². The topological polar surface area (TPSA) is 0 Å². The second kappa shape index (κ2) is 5.17. The highest BCUT2D eigenvalue weighted by molar-refractivity contribution is 9.10. The van der Waals surface area contributed by atoms with Crippen molar-refractivity contribution in [3.05, 3.63) is 64.1 Å². The molecule has 2 heteroatoms. The molecule has 0 aliphatic heterocycles. The van der Waals surface area contributed by atoms with E-state index in [0.717, 1.165) is 21.1 Å². The van der Waals surface area contributed by atoms with Crippen LogP contribution in [0.4, 0.5) is 0 Å². The van der Waals surface area contributed by atoms with Gasteiger partial charge in [-0.05, 0) is 17.2 Å². The molecule has 2 rings (SSSR count). The van der Waals surface area contributed by atoms with Gasteiger partial charge in [-0.1, -0.05) is 76.0 Å². The van der Waals surface area contributed by atoms with E-state index in [1.807, 2.05) is 48.5 Å². The third-order valence-electron chi connectivity index (χ3n) is 2.34. The zero-order valence-electron chi connectivity index (χ0n) is 8.73. The molecule has 0 unspecified atom stereocenters. The summed E-state index contributed by atoms with van der Waals surface area (Å²) in [6.45, 7) is 0. The molecule has 0 heterocycles. The van der Waals surface area contributed by atoms with Crippen molar-refractivity contribution in [2.24, 2.45) is 0 Å². The second-order valence-electron chi connectivity index (χ2n) is 3.48. The van der Waals surface area contributed by atoms with E-state index in [1.165, 1.54) is 0 Å². The van der Waals surface area contributed by atoms with E-state index >= 15 is 0 Å². The summed E-state index contributed by atoms with van der Waals surface area (Å²) in [7, 11) is 5.86. The quantitative estimate of drug-likeness (QED) is 0.579. The van der Waals surface area contributed by atoms with Crippen molar-refractivity contribution < 1.29 is 0 Å². The summed E-state index contributed by atoms with van der Waals surface area (Å²) in [5.74, 6) is 0. The van der Waals surface area contributed by atoms with Crippen molar-refractivity contribution in [2.75, 3.05) is 0 Å². The Bertz CT molecular complexity index is 470. The molecule has 2 aromatic rings. The van der Waals surface area contributed by atoms with Gasteiger partial charge in [-0.15, -0.1) is 0 Å². The molecule has 0 fully saturated rings. The zero-order valence-corrected chi connectivity index (χ0v) is 10.3. The van der Waals surface area contributed by atoms with Crippen LogP contribution in [0.1, 0.15) is 11.1 Å². The predicted octanol–water partition coefficient (Wildman–Crippen LogP) is 3.41. The maximum absolute atomic E-state index is 5.86. The van der Waals surface area contributed by atoms with Crippen LogP contribution in [0.2, 0.25) is 0 Å². The second-order valence-corrected chi connectivity index (χ2v) is 4.34. The molecule has 2 aromatic carbocycles. The van der Waals surface area contributed by atoms with Crippen LogP contribution < -0.4 is 5.46 Å². The molecular formula is C14H10BBr. The molecule has 2 radical (unpaired) electrons. The SMILES string of the molecule is [B]c1ccccc1/C=C/c1ccccc1Br. The monoisotopic (exact) mass is 268 g/mol. The zero-order chi connectivity index (χ0) is 11.4. The fourth-order valence-electron chi connectivity index (χ4n) is 1.45. The fraction of sp³-hybridized carbons (Fsp3) is 0. The van der Waals surface area contributed by atoms with Crippen molar-refractivity contribution in [3.8, 4) is 0 Å². The van der Waals surface area contributed by atoms with Crippen molar-refractivity contribution >= 4 is 41.4 Å². The number of rotatable bonds is 2. The summed E-state index contributed by atoms with van der Waals surface area (Å²) in [5.41, 5.74) is 2.98. The van der Waals surface area contributed by atoms with E-state index in [0.29, 0.717) is 0 Å². The van der Waals surface area contributed by atoms with Gasteiger partial charge in [-0.3, -0.25) is 0 Å². The molecule has 0 amide bonds. The van der Waals surface area contributed by atoms with Crippen molar-refractivity contribution in [2.45, 2.75) is 0 Å². The number of hydrogen-bond acceptors (Lipinski definition) is 0. The van der Waals surface area contributed by atoms with Gasteiger partial charge in [0.25, 0.3) is 0 Å². The minimum Gasteiger partial charge on any atom is -0.0896 e. The minimum absolute atomic E-state index is 0.797. The summed E-state index contributed by atoms with van der Waals surface area (Å²) >= 11 is 3.51. The Morgan fingerprint density at radius 2 is 1.38 bits per heavy atom. The Morgan fingerprint density at radius 3 is 2.06 bits per heavy atom. The Morgan fingerprint density at radius 1 is 0.812 bits per heavy atom. The van der Waals surface area contributed by atoms with E-state index in [9.17, 15) is 0 Å². The molecule has 0 N–H and O–H groups in total. The average molecular weight is 269 g/mol. The van der Waals surface area contributed by atoms with E-state index in [1.54, 1.807) is 0 Å². The van der Waals surface area contributed by atoms with E-state index in [2.05, 4.69) is 28.1 Å². The fourth-order valence-corrected chi connectivity index (χ4v) is 1.87. The van der Waals surface area contributed by atoms with Crippen molar-refractivity contribution in [3.63, 3.8) is 0 Å². The van der Waals surface area contributed by atoms with E-state index in [4.69, 9.17) is 7.85 Å². The number of halogens is 1. The smallest absolute Gasteiger partial charge is 0.0896 e. The standard InChI is InChI=1S/C14H10BBr/c15-13-7-3-1-5-11(13)9-10-12-6-2-4-8-14(12)16/h1-10H/b10-9+. The lowest BCUT2D eigenvalue weighted by Crippen LogP contribution is -2.04. The molecule has 0 nitrogen and oxygen atoms in total. The average Bonchev–Trinajstić information content (AvgIpc) is 2.30. The Hall–Kier alpha value is -1.28. The van der Waals surface area contributed by atoms with Gasteiger partial charge in [0.2, 0.25) is 0 Å². The van der Waals surface area contributed by atoms with E-state index < -0.39 is 0 Å². The summed E-state index contributed by atoms with van der Waals surface area (Å²) in [6.07, 6.45) is 4.07. The van der Waals surface area contributed by atoms with Gasteiger partial charge in [0.05, 0.1) is 0 Å². The van der Waals surface area contributed by atoms with Crippen LogP contribution in [0.15, 0.2) is 53.0 Å². The van der Waals surface area contributed by atoms with Crippen LogP contribution in [-0.4, -0.2) is 7.85 Å². The van der Waals surface area contributed by atoms with Crippen LogP contribution in [0, 0.1) is 0 Å². The lowest BCUT2D eigenvalue weighted by atomic mass is 9.90. The Kier molecular flexibility index (Phi) is 3.63. The summed E-state index contributed by atoms with van der Waals surface area (Å²) in [5, 5.41) is 0. The molecule has 0 aromatic heterocycles. The largest absolute Gasteiger partial charge is 0.114 e. The lowest BCUT2D eigenvalue weighted by Gasteiger charge is -2.00. The van der Waals surface area contributed by atoms with Crippen molar-refractivity contribution in [1.29, 1.82) is 0 Å². The first-order valence-corrected chi connectivity index (χ1v) is 5.84. The highest BCUT2D eigenvalue weighted by Gasteiger charge is 1.94.